The maximum Gasteiger partial charge on any atom is 0.127 e. The van der Waals surface area contributed by atoms with Gasteiger partial charge in [0.05, 0.1) is 6.61 Å². The monoisotopic (exact) mass is 236 g/mol. The largest absolute Gasteiger partial charge is 0.507 e. The lowest BCUT2D eigenvalue weighted by atomic mass is 9.88. The van der Waals surface area contributed by atoms with E-state index in [0.717, 1.165) is 35.3 Å². The van der Waals surface area contributed by atoms with Gasteiger partial charge in [-0.15, -0.1) is 0 Å². The van der Waals surface area contributed by atoms with Crippen molar-refractivity contribution in [2.75, 3.05) is 0 Å². The number of hydrogen-bond acceptors (Lipinski definition) is 3. The molecule has 0 aliphatic carbocycles. The normalized spacial score (nSPS) is 17.5. The summed E-state index contributed by atoms with van der Waals surface area (Å²) in [6.45, 7) is 7.80. The van der Waals surface area contributed by atoms with E-state index in [1.807, 2.05) is 13.8 Å². The molecule has 3 nitrogen and oxygen atoms in total. The van der Waals surface area contributed by atoms with Gasteiger partial charge in [0.1, 0.15) is 17.1 Å². The minimum absolute atomic E-state index is 0.140. The molecule has 1 aromatic carbocycles. The highest BCUT2D eigenvalue weighted by Crippen LogP contribution is 2.43. The van der Waals surface area contributed by atoms with E-state index in [1.165, 1.54) is 0 Å². The van der Waals surface area contributed by atoms with Crippen LogP contribution in [0.4, 0.5) is 0 Å². The van der Waals surface area contributed by atoms with Gasteiger partial charge in [0.15, 0.2) is 0 Å². The van der Waals surface area contributed by atoms with E-state index in [2.05, 4.69) is 13.8 Å². The number of aromatic hydroxyl groups is 1. The molecule has 17 heavy (non-hydrogen) atoms. The maximum absolute atomic E-state index is 10.0. The minimum Gasteiger partial charge on any atom is -0.507 e. The summed E-state index contributed by atoms with van der Waals surface area (Å²) >= 11 is 0. The van der Waals surface area contributed by atoms with Crippen LogP contribution < -0.4 is 4.74 Å². The van der Waals surface area contributed by atoms with Gasteiger partial charge in [-0.3, -0.25) is 0 Å². The molecule has 0 saturated carbocycles. The topological polar surface area (TPSA) is 49.7 Å². The van der Waals surface area contributed by atoms with E-state index >= 15 is 0 Å². The van der Waals surface area contributed by atoms with Gasteiger partial charge in [-0.1, -0.05) is 0 Å². The van der Waals surface area contributed by atoms with Crippen molar-refractivity contribution in [2.45, 2.75) is 52.7 Å². The number of rotatable bonds is 1. The third-order valence-electron chi connectivity index (χ3n) is 3.70. The fraction of sp³-hybridized carbons (Fsp3) is 0.571. The number of fused-ring (bicyclic) bond motifs is 1. The second-order valence-electron chi connectivity index (χ2n) is 5.40. The summed E-state index contributed by atoms with van der Waals surface area (Å²) in [6.07, 6.45) is 1.74. The van der Waals surface area contributed by atoms with Crippen LogP contribution in [0.2, 0.25) is 0 Å². The molecule has 3 heteroatoms. The van der Waals surface area contributed by atoms with Crippen molar-refractivity contribution in [1.29, 1.82) is 0 Å². The zero-order chi connectivity index (χ0) is 12.8. The standard InChI is InChI=1S/C14H20O3/c1-8-9(2)13-10(11(7-15)12(8)16)5-6-14(3,4)17-13/h15-16H,5-7H2,1-4H3. The summed E-state index contributed by atoms with van der Waals surface area (Å²) < 4.78 is 6.01. The highest BCUT2D eigenvalue weighted by molar-refractivity contribution is 5.58. The van der Waals surface area contributed by atoms with Crippen LogP contribution in [-0.4, -0.2) is 15.8 Å². The van der Waals surface area contributed by atoms with Crippen LogP contribution in [0.25, 0.3) is 0 Å². The zero-order valence-corrected chi connectivity index (χ0v) is 10.9. The number of phenols is 1. The van der Waals surface area contributed by atoms with Gasteiger partial charge in [-0.05, 0) is 51.7 Å². The average molecular weight is 236 g/mol. The molecule has 0 amide bonds. The van der Waals surface area contributed by atoms with Gasteiger partial charge in [0.2, 0.25) is 0 Å². The molecule has 2 N–H and O–H groups in total. The van der Waals surface area contributed by atoms with E-state index in [0.29, 0.717) is 5.56 Å². The molecule has 0 fully saturated rings. The lowest BCUT2D eigenvalue weighted by Gasteiger charge is -2.35. The van der Waals surface area contributed by atoms with Crippen LogP contribution in [0.3, 0.4) is 0 Å². The van der Waals surface area contributed by atoms with Crippen LogP contribution in [0, 0.1) is 13.8 Å². The van der Waals surface area contributed by atoms with Gasteiger partial charge in [-0.25, -0.2) is 0 Å². The Labute approximate surface area is 102 Å². The molecule has 1 aliphatic rings. The molecule has 2 rings (SSSR count). The average Bonchev–Trinajstić information content (AvgIpc) is 2.27. The molecule has 1 aromatic rings. The Morgan fingerprint density at radius 1 is 1.24 bits per heavy atom. The van der Waals surface area contributed by atoms with E-state index in [1.54, 1.807) is 0 Å². The summed E-state index contributed by atoms with van der Waals surface area (Å²) in [7, 11) is 0. The third-order valence-corrected chi connectivity index (χ3v) is 3.70. The SMILES string of the molecule is Cc1c(C)c2c(c(CO)c1O)CCC(C)(C)O2. The van der Waals surface area contributed by atoms with E-state index < -0.39 is 0 Å². The number of ether oxygens (including phenoxy) is 1. The molecular weight excluding hydrogens is 216 g/mol. The molecule has 0 bridgehead atoms. The first-order valence-corrected chi connectivity index (χ1v) is 6.01. The first-order valence-electron chi connectivity index (χ1n) is 6.01. The van der Waals surface area contributed by atoms with E-state index in [9.17, 15) is 10.2 Å². The highest BCUT2D eigenvalue weighted by Gasteiger charge is 2.31. The lowest BCUT2D eigenvalue weighted by Crippen LogP contribution is -2.33. The van der Waals surface area contributed by atoms with Crippen LogP contribution >= 0.6 is 0 Å². The van der Waals surface area contributed by atoms with Gasteiger partial charge in [-0.2, -0.15) is 0 Å². The predicted octanol–water partition coefficient (Wildman–Crippen LogP) is 2.60. The predicted molar refractivity (Wildman–Crippen MR) is 66.5 cm³/mol. The van der Waals surface area contributed by atoms with Crippen LogP contribution in [-0.2, 0) is 13.0 Å². The van der Waals surface area contributed by atoms with Gasteiger partial charge >= 0.3 is 0 Å². The van der Waals surface area contributed by atoms with Gasteiger partial charge in [0, 0.05) is 11.1 Å². The summed E-state index contributed by atoms with van der Waals surface area (Å²) in [5.41, 5.74) is 3.19. The van der Waals surface area contributed by atoms with Crippen molar-refractivity contribution in [3.63, 3.8) is 0 Å². The molecule has 0 saturated heterocycles. The van der Waals surface area contributed by atoms with E-state index in [4.69, 9.17) is 4.74 Å². The van der Waals surface area contributed by atoms with Crippen LogP contribution in [0.1, 0.15) is 42.5 Å². The minimum atomic E-state index is -0.173. The molecule has 0 spiro atoms. The van der Waals surface area contributed by atoms with Gasteiger partial charge in [0.25, 0.3) is 0 Å². The number of benzene rings is 1. The third kappa shape index (κ3) is 1.89. The fourth-order valence-electron chi connectivity index (χ4n) is 2.41. The van der Waals surface area contributed by atoms with Crippen molar-refractivity contribution < 1.29 is 14.9 Å². The summed E-state index contributed by atoms with van der Waals surface area (Å²) in [5, 5.41) is 19.5. The van der Waals surface area contributed by atoms with E-state index in [-0.39, 0.29) is 18.0 Å². The Morgan fingerprint density at radius 2 is 1.88 bits per heavy atom. The zero-order valence-electron chi connectivity index (χ0n) is 10.9. The molecule has 0 unspecified atom stereocenters. The molecule has 0 radical (unpaired) electrons. The quantitative estimate of drug-likeness (QED) is 0.788. The Balaban J connectivity index is 2.66. The molecular formula is C14H20O3. The van der Waals surface area contributed by atoms with Crippen molar-refractivity contribution >= 4 is 0 Å². The van der Waals surface area contributed by atoms with Crippen LogP contribution in [0.15, 0.2) is 0 Å². The molecule has 1 aliphatic heterocycles. The Hall–Kier alpha value is -1.22. The van der Waals surface area contributed by atoms with Crippen LogP contribution in [0.5, 0.6) is 11.5 Å². The summed E-state index contributed by atoms with van der Waals surface area (Å²) in [6, 6.07) is 0. The first kappa shape index (κ1) is 12.2. The number of aliphatic hydroxyl groups excluding tert-OH is 1. The van der Waals surface area contributed by atoms with Crippen molar-refractivity contribution in [2.24, 2.45) is 0 Å². The molecule has 1 heterocycles. The second kappa shape index (κ2) is 3.91. The van der Waals surface area contributed by atoms with Crippen molar-refractivity contribution in [3.05, 3.63) is 22.3 Å². The first-order chi connectivity index (χ1) is 7.87. The molecule has 0 aromatic heterocycles. The number of hydrogen-bond donors (Lipinski definition) is 2. The highest BCUT2D eigenvalue weighted by atomic mass is 16.5. The Kier molecular flexibility index (Phi) is 2.82. The van der Waals surface area contributed by atoms with Crippen molar-refractivity contribution in [1.82, 2.24) is 0 Å². The Bertz CT molecular complexity index is 461. The molecule has 94 valence electrons. The van der Waals surface area contributed by atoms with Gasteiger partial charge < -0.3 is 14.9 Å². The number of aliphatic hydroxyl groups is 1. The maximum atomic E-state index is 10.0. The smallest absolute Gasteiger partial charge is 0.127 e. The summed E-state index contributed by atoms with van der Waals surface area (Å²) in [4.78, 5) is 0. The summed E-state index contributed by atoms with van der Waals surface area (Å²) in [5.74, 6) is 1.06. The molecule has 0 atom stereocenters. The second-order valence-corrected chi connectivity index (χ2v) is 5.40. The van der Waals surface area contributed by atoms with Crippen molar-refractivity contribution in [3.8, 4) is 11.5 Å². The Morgan fingerprint density at radius 3 is 2.47 bits per heavy atom. The lowest BCUT2D eigenvalue weighted by molar-refractivity contribution is 0.0823. The fourth-order valence-corrected chi connectivity index (χ4v) is 2.41.